The molecule has 0 bridgehead atoms. The third-order valence-electron chi connectivity index (χ3n) is 1.07. The fourth-order valence-electron chi connectivity index (χ4n) is 0.642. The summed E-state index contributed by atoms with van der Waals surface area (Å²) in [6.07, 6.45) is 5.01. The van der Waals surface area contributed by atoms with Gasteiger partial charge in [0.1, 0.15) is 0 Å². The average molecular weight is 144 g/mol. The van der Waals surface area contributed by atoms with Crippen LogP contribution >= 0.6 is 0 Å². The van der Waals surface area contributed by atoms with Gasteiger partial charge in [0.25, 0.3) is 0 Å². The topological polar surface area (TPSA) is 34.1 Å². The molecule has 2 nitrogen and oxygen atoms in total. The Hall–Kier alpha value is -0.570. The summed E-state index contributed by atoms with van der Waals surface area (Å²) < 4.78 is 21.4. The van der Waals surface area contributed by atoms with Gasteiger partial charge in [-0.2, -0.15) is 0 Å². The smallest absolute Gasteiger partial charge is 0.192 e. The lowest BCUT2D eigenvalue weighted by Gasteiger charge is -1.80. The van der Waals surface area contributed by atoms with Crippen molar-refractivity contribution in [3.8, 4) is 0 Å². The maximum Gasteiger partial charge on any atom is 0.192 e. The van der Waals surface area contributed by atoms with Gasteiger partial charge >= 0.3 is 0 Å². The van der Waals surface area contributed by atoms with Crippen LogP contribution in [0.1, 0.15) is 12.8 Å². The molecule has 0 saturated heterocycles. The first-order valence-electron chi connectivity index (χ1n) is 2.79. The Morgan fingerprint density at radius 1 is 1.00 bits per heavy atom. The van der Waals surface area contributed by atoms with Crippen LogP contribution in [0.3, 0.4) is 0 Å². The minimum Gasteiger partial charge on any atom is -0.220 e. The van der Waals surface area contributed by atoms with Crippen LogP contribution < -0.4 is 0 Å². The standard InChI is InChI=1S/C6H8O2S/c7-9(8)5-3-1-2-4-6-9/h3-6H,1-2H2. The molecule has 1 heterocycles. The normalized spacial score (nSPS) is 23.6. The van der Waals surface area contributed by atoms with E-state index in [2.05, 4.69) is 0 Å². The number of hydrogen-bond acceptors (Lipinski definition) is 2. The highest BCUT2D eigenvalue weighted by Gasteiger charge is 1.99. The van der Waals surface area contributed by atoms with E-state index in [0.717, 1.165) is 12.8 Å². The highest BCUT2D eigenvalue weighted by Crippen LogP contribution is 2.04. The molecule has 1 aliphatic rings. The second kappa shape index (κ2) is 2.35. The van der Waals surface area contributed by atoms with Crippen LogP contribution in [0.4, 0.5) is 0 Å². The first-order chi connectivity index (χ1) is 4.21. The van der Waals surface area contributed by atoms with Crippen LogP contribution in [0.25, 0.3) is 0 Å². The number of rotatable bonds is 0. The van der Waals surface area contributed by atoms with Crippen molar-refractivity contribution in [3.63, 3.8) is 0 Å². The van der Waals surface area contributed by atoms with Crippen LogP contribution in [-0.2, 0) is 9.84 Å². The molecule has 3 heteroatoms. The van der Waals surface area contributed by atoms with Gasteiger partial charge in [-0.15, -0.1) is 0 Å². The Morgan fingerprint density at radius 3 is 1.89 bits per heavy atom. The van der Waals surface area contributed by atoms with Crippen molar-refractivity contribution in [1.29, 1.82) is 0 Å². The Labute approximate surface area is 54.8 Å². The van der Waals surface area contributed by atoms with Gasteiger partial charge < -0.3 is 0 Å². The maximum atomic E-state index is 10.7. The molecule has 0 aliphatic carbocycles. The van der Waals surface area contributed by atoms with Crippen molar-refractivity contribution in [3.05, 3.63) is 23.0 Å². The predicted molar refractivity (Wildman–Crippen MR) is 36.4 cm³/mol. The van der Waals surface area contributed by atoms with E-state index in [1.807, 2.05) is 0 Å². The fraction of sp³-hybridized carbons (Fsp3) is 0.333. The SMILES string of the molecule is O=S1(=O)C=CCCC=C1. The zero-order valence-corrected chi connectivity index (χ0v) is 5.76. The van der Waals surface area contributed by atoms with Gasteiger partial charge in [-0.05, 0) is 12.8 Å². The van der Waals surface area contributed by atoms with E-state index in [1.165, 1.54) is 10.8 Å². The molecule has 0 aromatic rings. The van der Waals surface area contributed by atoms with Crippen LogP contribution in [0, 0.1) is 0 Å². The summed E-state index contributed by atoms with van der Waals surface area (Å²) in [5.74, 6) is 0. The lowest BCUT2D eigenvalue weighted by molar-refractivity contribution is 0.612. The Balaban J connectivity index is 2.98. The van der Waals surface area contributed by atoms with Crippen molar-refractivity contribution in [1.82, 2.24) is 0 Å². The highest BCUT2D eigenvalue weighted by atomic mass is 32.2. The van der Waals surface area contributed by atoms with E-state index in [0.29, 0.717) is 0 Å². The number of sulfone groups is 1. The minimum absolute atomic E-state index is 0.829. The van der Waals surface area contributed by atoms with E-state index in [-0.39, 0.29) is 0 Å². The molecule has 0 unspecified atom stereocenters. The molecule has 0 N–H and O–H groups in total. The summed E-state index contributed by atoms with van der Waals surface area (Å²) in [4.78, 5) is 0. The largest absolute Gasteiger partial charge is 0.220 e. The first-order valence-corrected chi connectivity index (χ1v) is 4.40. The maximum absolute atomic E-state index is 10.7. The number of hydrogen-bond donors (Lipinski definition) is 0. The van der Waals surface area contributed by atoms with Gasteiger partial charge in [-0.3, -0.25) is 0 Å². The van der Waals surface area contributed by atoms with Crippen LogP contribution in [0.5, 0.6) is 0 Å². The summed E-state index contributed by atoms with van der Waals surface area (Å²) in [6, 6.07) is 0. The Kier molecular flexibility index (Phi) is 1.71. The average Bonchev–Trinajstić information content (AvgIpc) is 1.92. The van der Waals surface area contributed by atoms with Crippen molar-refractivity contribution in [2.75, 3.05) is 0 Å². The Morgan fingerprint density at radius 2 is 1.44 bits per heavy atom. The van der Waals surface area contributed by atoms with Gasteiger partial charge in [0.15, 0.2) is 9.84 Å². The summed E-state index contributed by atoms with van der Waals surface area (Å²) in [7, 11) is -2.98. The molecule has 1 aliphatic heterocycles. The molecule has 0 fully saturated rings. The molecule has 1 rings (SSSR count). The Bertz CT molecular complexity index is 214. The van der Waals surface area contributed by atoms with Crippen molar-refractivity contribution in [2.45, 2.75) is 12.8 Å². The van der Waals surface area contributed by atoms with Crippen LogP contribution in [-0.4, -0.2) is 8.42 Å². The van der Waals surface area contributed by atoms with E-state index in [4.69, 9.17) is 0 Å². The second-order valence-electron chi connectivity index (χ2n) is 1.91. The van der Waals surface area contributed by atoms with Crippen LogP contribution in [0.2, 0.25) is 0 Å². The van der Waals surface area contributed by atoms with Gasteiger partial charge in [-0.1, -0.05) is 12.2 Å². The number of allylic oxidation sites excluding steroid dienone is 2. The summed E-state index contributed by atoms with van der Waals surface area (Å²) in [5.41, 5.74) is 0. The highest BCUT2D eigenvalue weighted by molar-refractivity contribution is 7.97. The summed E-state index contributed by atoms with van der Waals surface area (Å²) in [6.45, 7) is 0. The molecular formula is C6H8O2S. The monoisotopic (exact) mass is 144 g/mol. The molecule has 0 saturated carbocycles. The molecule has 0 radical (unpaired) electrons. The zero-order valence-electron chi connectivity index (χ0n) is 4.95. The molecule has 0 amide bonds. The van der Waals surface area contributed by atoms with Gasteiger partial charge in [0.05, 0.1) is 0 Å². The summed E-state index contributed by atoms with van der Waals surface area (Å²) in [5, 5.41) is 2.49. The molecular weight excluding hydrogens is 136 g/mol. The fourth-order valence-corrected chi connectivity index (χ4v) is 1.54. The lowest BCUT2D eigenvalue weighted by Crippen LogP contribution is -1.84. The van der Waals surface area contributed by atoms with E-state index >= 15 is 0 Å². The van der Waals surface area contributed by atoms with E-state index in [9.17, 15) is 8.42 Å². The first kappa shape index (κ1) is 6.55. The lowest BCUT2D eigenvalue weighted by atomic mass is 10.3. The molecule has 50 valence electrons. The third kappa shape index (κ3) is 2.01. The van der Waals surface area contributed by atoms with Crippen molar-refractivity contribution in [2.24, 2.45) is 0 Å². The van der Waals surface area contributed by atoms with E-state index in [1.54, 1.807) is 12.2 Å². The molecule has 0 aromatic heterocycles. The van der Waals surface area contributed by atoms with E-state index < -0.39 is 9.84 Å². The molecule has 0 aromatic carbocycles. The minimum atomic E-state index is -2.98. The quantitative estimate of drug-likeness (QED) is 0.512. The molecule has 0 spiro atoms. The van der Waals surface area contributed by atoms with Gasteiger partial charge in [-0.25, -0.2) is 8.42 Å². The zero-order chi connectivity index (χ0) is 6.74. The van der Waals surface area contributed by atoms with Crippen molar-refractivity contribution >= 4 is 9.84 Å². The third-order valence-corrected chi connectivity index (χ3v) is 2.22. The predicted octanol–water partition coefficient (Wildman–Crippen LogP) is 1.22. The summed E-state index contributed by atoms with van der Waals surface area (Å²) >= 11 is 0. The van der Waals surface area contributed by atoms with Crippen molar-refractivity contribution < 1.29 is 8.42 Å². The second-order valence-corrected chi connectivity index (χ2v) is 3.63. The molecule has 9 heavy (non-hydrogen) atoms. The van der Waals surface area contributed by atoms with Gasteiger partial charge in [0.2, 0.25) is 0 Å². The van der Waals surface area contributed by atoms with Gasteiger partial charge in [0, 0.05) is 10.8 Å². The molecule has 0 atom stereocenters. The van der Waals surface area contributed by atoms with Crippen LogP contribution in [0.15, 0.2) is 23.0 Å².